The summed E-state index contributed by atoms with van der Waals surface area (Å²) in [5.41, 5.74) is 1.07. The number of hydrogen-bond donors (Lipinski definition) is 2. The van der Waals surface area contributed by atoms with Crippen LogP contribution >= 0.6 is 0 Å². The molecule has 1 aliphatic rings. The Morgan fingerprint density at radius 1 is 1.33 bits per heavy atom. The Hall–Kier alpha value is -2.74. The second-order valence-electron chi connectivity index (χ2n) is 5.85. The van der Waals surface area contributed by atoms with Crippen molar-refractivity contribution in [1.82, 2.24) is 19.9 Å². The maximum absolute atomic E-state index is 12.3. The fourth-order valence-electron chi connectivity index (χ4n) is 2.82. The number of nitrogens with zero attached hydrogens (tertiary/aromatic N) is 4. The molecule has 24 heavy (non-hydrogen) atoms. The van der Waals surface area contributed by atoms with E-state index >= 15 is 0 Å². The number of rotatable bonds is 4. The van der Waals surface area contributed by atoms with Gasteiger partial charge in [-0.3, -0.25) is 9.59 Å². The van der Waals surface area contributed by atoms with Crippen molar-refractivity contribution in [2.24, 2.45) is 0 Å². The molecule has 0 radical (unpaired) electrons. The van der Waals surface area contributed by atoms with Gasteiger partial charge in [-0.05, 0) is 5.56 Å². The van der Waals surface area contributed by atoms with E-state index in [1.165, 1.54) is 11.8 Å². The molecule has 2 N–H and O–H groups in total. The molecule has 1 aromatic heterocycles. The van der Waals surface area contributed by atoms with E-state index in [0.717, 1.165) is 5.56 Å². The van der Waals surface area contributed by atoms with Gasteiger partial charge in [-0.1, -0.05) is 35.5 Å². The molecule has 2 atom stereocenters. The summed E-state index contributed by atoms with van der Waals surface area (Å²) in [6.07, 6.45) is 1.18. The summed E-state index contributed by atoms with van der Waals surface area (Å²) in [6, 6.07) is 9.09. The first-order valence-corrected chi connectivity index (χ1v) is 7.73. The quantitative estimate of drug-likeness (QED) is 0.837. The fraction of sp³-hybridized carbons (Fsp3) is 0.375. The molecule has 1 saturated heterocycles. The average molecular weight is 329 g/mol. The van der Waals surface area contributed by atoms with Gasteiger partial charge < -0.3 is 15.3 Å². The van der Waals surface area contributed by atoms with Gasteiger partial charge in [0.2, 0.25) is 11.8 Å². The minimum atomic E-state index is -0.684. The van der Waals surface area contributed by atoms with Crippen molar-refractivity contribution in [3.05, 3.63) is 42.1 Å². The molecule has 3 rings (SSSR count). The number of benzene rings is 1. The normalized spacial score (nSPS) is 20.2. The van der Waals surface area contributed by atoms with Gasteiger partial charge in [-0.15, -0.1) is 5.10 Å². The van der Waals surface area contributed by atoms with Crippen LogP contribution in [0.5, 0.6) is 0 Å². The van der Waals surface area contributed by atoms with E-state index in [-0.39, 0.29) is 24.8 Å². The lowest BCUT2D eigenvalue weighted by Crippen LogP contribution is -2.42. The van der Waals surface area contributed by atoms with Crippen molar-refractivity contribution in [3.63, 3.8) is 0 Å². The zero-order valence-corrected chi connectivity index (χ0v) is 13.3. The van der Waals surface area contributed by atoms with Gasteiger partial charge in [0.15, 0.2) is 5.82 Å². The number of hydrogen-bond acceptors (Lipinski definition) is 5. The molecule has 8 heteroatoms. The van der Waals surface area contributed by atoms with E-state index in [4.69, 9.17) is 0 Å². The van der Waals surface area contributed by atoms with Gasteiger partial charge in [0, 0.05) is 19.9 Å². The minimum Gasteiger partial charge on any atom is -0.391 e. The second-order valence-corrected chi connectivity index (χ2v) is 5.85. The Morgan fingerprint density at radius 3 is 2.79 bits per heavy atom. The molecule has 2 aromatic rings. The fourth-order valence-corrected chi connectivity index (χ4v) is 2.82. The second kappa shape index (κ2) is 6.79. The van der Waals surface area contributed by atoms with E-state index in [1.54, 1.807) is 10.9 Å². The number of nitrogens with one attached hydrogen (secondary N) is 1. The zero-order valence-electron chi connectivity index (χ0n) is 13.3. The van der Waals surface area contributed by atoms with Crippen LogP contribution in [0.3, 0.4) is 0 Å². The summed E-state index contributed by atoms with van der Waals surface area (Å²) in [6.45, 7) is 2.11. The highest BCUT2D eigenvalue weighted by Gasteiger charge is 2.37. The highest BCUT2D eigenvalue weighted by molar-refractivity contribution is 5.96. The summed E-state index contributed by atoms with van der Waals surface area (Å²) in [5, 5.41) is 20.3. The number of aliphatic hydroxyl groups is 1. The largest absolute Gasteiger partial charge is 0.391 e. The molecule has 2 amide bonds. The summed E-state index contributed by atoms with van der Waals surface area (Å²) in [7, 11) is 0. The third-order valence-corrected chi connectivity index (χ3v) is 3.96. The van der Waals surface area contributed by atoms with E-state index in [9.17, 15) is 14.7 Å². The van der Waals surface area contributed by atoms with Gasteiger partial charge in [-0.25, -0.2) is 4.68 Å². The van der Waals surface area contributed by atoms with Gasteiger partial charge >= 0.3 is 0 Å². The predicted octanol–water partition coefficient (Wildman–Crippen LogP) is 0.247. The van der Waals surface area contributed by atoms with E-state index in [2.05, 4.69) is 15.6 Å². The van der Waals surface area contributed by atoms with Gasteiger partial charge in [0.25, 0.3) is 0 Å². The summed E-state index contributed by atoms with van der Waals surface area (Å²) < 4.78 is 1.62. The highest BCUT2D eigenvalue weighted by atomic mass is 16.3. The molecular weight excluding hydrogens is 310 g/mol. The topological polar surface area (TPSA) is 100 Å². The Balaban J connectivity index is 1.64. The maximum atomic E-state index is 12.3. The van der Waals surface area contributed by atoms with Gasteiger partial charge in [-0.2, -0.15) is 0 Å². The zero-order chi connectivity index (χ0) is 17.1. The molecule has 0 aliphatic carbocycles. The summed E-state index contributed by atoms with van der Waals surface area (Å²) in [4.78, 5) is 25.3. The van der Waals surface area contributed by atoms with Crippen LogP contribution in [0, 0.1) is 0 Å². The van der Waals surface area contributed by atoms with Crippen LogP contribution < -0.4 is 5.32 Å². The van der Waals surface area contributed by atoms with E-state index in [1.807, 2.05) is 30.3 Å². The lowest BCUT2D eigenvalue weighted by molar-refractivity contribution is -0.134. The first kappa shape index (κ1) is 16.1. The van der Waals surface area contributed by atoms with Crippen LogP contribution in [-0.4, -0.2) is 55.5 Å². The molecule has 1 aliphatic heterocycles. The molecule has 1 fully saturated rings. The first-order valence-electron chi connectivity index (χ1n) is 7.73. The first-order chi connectivity index (χ1) is 11.5. The molecule has 2 heterocycles. The number of aromatic nitrogens is 3. The molecular formula is C16H19N5O3. The van der Waals surface area contributed by atoms with Crippen LogP contribution in [-0.2, 0) is 16.1 Å². The summed E-state index contributed by atoms with van der Waals surface area (Å²) in [5.74, 6) is -0.284. The van der Waals surface area contributed by atoms with Crippen LogP contribution in [0.25, 0.3) is 0 Å². The lowest BCUT2D eigenvalue weighted by atomic mass is 10.2. The number of carbonyl (C=O) groups excluding carboxylic acids is 2. The smallest absolute Gasteiger partial charge is 0.248 e. The summed E-state index contributed by atoms with van der Waals surface area (Å²) >= 11 is 0. The van der Waals surface area contributed by atoms with Gasteiger partial charge in [0.05, 0.1) is 18.8 Å². The monoisotopic (exact) mass is 329 g/mol. The van der Waals surface area contributed by atoms with Crippen LogP contribution in [0.15, 0.2) is 36.5 Å². The third-order valence-electron chi connectivity index (χ3n) is 3.96. The maximum Gasteiger partial charge on any atom is 0.248 e. The van der Waals surface area contributed by atoms with Crippen molar-refractivity contribution in [3.8, 4) is 0 Å². The number of likely N-dealkylation sites (tertiary alicyclic amines) is 1. The predicted molar refractivity (Wildman–Crippen MR) is 86.0 cm³/mol. The van der Waals surface area contributed by atoms with E-state index in [0.29, 0.717) is 12.4 Å². The molecule has 1 aromatic carbocycles. The molecule has 0 saturated carbocycles. The third kappa shape index (κ3) is 3.60. The number of β-amino-alcohol motifs (C(OH)–C–C–N with tert-alkyl or cyclic N) is 1. The molecule has 0 spiro atoms. The Kier molecular flexibility index (Phi) is 4.57. The Bertz CT molecular complexity index is 730. The van der Waals surface area contributed by atoms with Crippen LogP contribution in [0.1, 0.15) is 18.9 Å². The Labute approximate surface area is 139 Å². The standard InChI is InChI=1S/C16H19N5O3/c1-11(22)21-9-13(23)7-14(21)16(24)17-15-10-20(19-18-15)8-12-5-3-2-4-6-12/h2-6,10,13-14,23H,7-9H2,1H3,(H,17,24)/t13-,14-/m1/s1. The minimum absolute atomic E-state index is 0.175. The number of amides is 2. The molecule has 126 valence electrons. The molecule has 8 nitrogen and oxygen atoms in total. The Morgan fingerprint density at radius 2 is 2.08 bits per heavy atom. The highest BCUT2D eigenvalue weighted by Crippen LogP contribution is 2.19. The SMILES string of the molecule is CC(=O)N1C[C@H](O)C[C@@H]1C(=O)Nc1cn(Cc2ccccc2)nn1. The average Bonchev–Trinajstić information content (AvgIpc) is 3.15. The number of carbonyl (C=O) groups is 2. The number of anilines is 1. The van der Waals surface area contributed by atoms with Gasteiger partial charge in [0.1, 0.15) is 6.04 Å². The number of aliphatic hydroxyl groups excluding tert-OH is 1. The van der Waals surface area contributed by atoms with Crippen molar-refractivity contribution in [1.29, 1.82) is 0 Å². The van der Waals surface area contributed by atoms with Crippen molar-refractivity contribution < 1.29 is 14.7 Å². The van der Waals surface area contributed by atoms with Crippen molar-refractivity contribution in [2.45, 2.75) is 32.0 Å². The molecule has 0 unspecified atom stereocenters. The van der Waals surface area contributed by atoms with Crippen LogP contribution in [0.2, 0.25) is 0 Å². The van der Waals surface area contributed by atoms with Crippen molar-refractivity contribution >= 4 is 17.6 Å². The van der Waals surface area contributed by atoms with E-state index < -0.39 is 12.1 Å². The van der Waals surface area contributed by atoms with Crippen LogP contribution in [0.4, 0.5) is 5.82 Å². The molecule has 0 bridgehead atoms. The lowest BCUT2D eigenvalue weighted by Gasteiger charge is -2.21. The van der Waals surface area contributed by atoms with Crippen molar-refractivity contribution in [2.75, 3.05) is 11.9 Å².